The van der Waals surface area contributed by atoms with Crippen molar-refractivity contribution in [2.75, 3.05) is 6.61 Å². The monoisotopic (exact) mass is 256 g/mol. The molecule has 1 saturated carbocycles. The third-order valence-electron chi connectivity index (χ3n) is 3.65. The van der Waals surface area contributed by atoms with Crippen LogP contribution in [0.5, 0.6) is 0 Å². The summed E-state index contributed by atoms with van der Waals surface area (Å²) in [6, 6.07) is 12.2. The molecule has 1 aliphatic rings. The Balaban J connectivity index is 1.89. The van der Waals surface area contributed by atoms with Crippen LogP contribution in [-0.2, 0) is 10.2 Å². The Labute approximate surface area is 111 Å². The largest absolute Gasteiger partial charge is 0.461 e. The van der Waals surface area contributed by atoms with Crippen LogP contribution in [0, 0.1) is 0 Å². The Kier molecular flexibility index (Phi) is 2.85. The van der Waals surface area contributed by atoms with E-state index in [4.69, 9.17) is 4.74 Å². The average Bonchev–Trinajstić information content (AvgIpc) is 3.10. The second kappa shape index (κ2) is 4.53. The summed E-state index contributed by atoms with van der Waals surface area (Å²) < 4.78 is 4.96. The number of hydrogen-bond donors (Lipinski definition) is 1. The van der Waals surface area contributed by atoms with Gasteiger partial charge in [-0.25, -0.2) is 4.79 Å². The standard InChI is InChI=1S/C15H16N2O2/c1-2-19-14(18)12-10-13(17-16-12)15(8-9-15)11-6-4-3-5-7-11/h3-7,10H,2,8-9H2,1H3,(H,16,17). The predicted octanol–water partition coefficient (Wildman–Crippen LogP) is 2.67. The van der Waals surface area contributed by atoms with Gasteiger partial charge in [0.25, 0.3) is 0 Å². The Morgan fingerprint density at radius 3 is 2.74 bits per heavy atom. The molecule has 3 rings (SSSR count). The lowest BCUT2D eigenvalue weighted by atomic mass is 9.92. The molecule has 0 spiro atoms. The Morgan fingerprint density at radius 1 is 1.37 bits per heavy atom. The van der Waals surface area contributed by atoms with Crippen molar-refractivity contribution >= 4 is 5.97 Å². The Bertz CT molecular complexity index is 585. The minimum absolute atomic E-state index is 0.0129. The average molecular weight is 256 g/mol. The highest BCUT2D eigenvalue weighted by molar-refractivity contribution is 5.87. The number of rotatable bonds is 4. The first-order chi connectivity index (χ1) is 9.26. The molecule has 0 radical (unpaired) electrons. The molecular formula is C15H16N2O2. The van der Waals surface area contributed by atoms with E-state index in [0.29, 0.717) is 12.3 Å². The van der Waals surface area contributed by atoms with Gasteiger partial charge in [-0.3, -0.25) is 5.10 Å². The van der Waals surface area contributed by atoms with E-state index in [-0.39, 0.29) is 11.4 Å². The van der Waals surface area contributed by atoms with Gasteiger partial charge in [0, 0.05) is 11.1 Å². The van der Waals surface area contributed by atoms with E-state index >= 15 is 0 Å². The van der Waals surface area contributed by atoms with Gasteiger partial charge in [-0.05, 0) is 31.4 Å². The molecule has 98 valence electrons. The summed E-state index contributed by atoms with van der Waals surface area (Å²) in [5, 5.41) is 7.06. The number of H-pyrrole nitrogens is 1. The summed E-state index contributed by atoms with van der Waals surface area (Å²) >= 11 is 0. The summed E-state index contributed by atoms with van der Waals surface area (Å²) in [6.07, 6.45) is 2.17. The molecule has 1 heterocycles. The smallest absolute Gasteiger partial charge is 0.358 e. The molecule has 0 bridgehead atoms. The predicted molar refractivity (Wildman–Crippen MR) is 71.0 cm³/mol. The lowest BCUT2D eigenvalue weighted by Crippen LogP contribution is -2.09. The zero-order valence-electron chi connectivity index (χ0n) is 10.8. The number of benzene rings is 1. The van der Waals surface area contributed by atoms with E-state index in [2.05, 4.69) is 22.3 Å². The molecule has 0 unspecified atom stereocenters. The number of nitrogens with one attached hydrogen (secondary N) is 1. The van der Waals surface area contributed by atoms with Gasteiger partial charge < -0.3 is 4.74 Å². The van der Waals surface area contributed by atoms with Crippen molar-refractivity contribution in [2.45, 2.75) is 25.2 Å². The number of aromatic nitrogens is 2. The minimum Gasteiger partial charge on any atom is -0.461 e. The summed E-state index contributed by atoms with van der Waals surface area (Å²) in [6.45, 7) is 2.16. The first kappa shape index (κ1) is 12.0. The SMILES string of the molecule is CCOC(=O)c1cc(C2(c3ccccc3)CC2)[nH]n1. The molecule has 1 aliphatic carbocycles. The molecule has 2 aromatic rings. The lowest BCUT2D eigenvalue weighted by molar-refractivity contribution is 0.0519. The van der Waals surface area contributed by atoms with Crippen molar-refractivity contribution in [3.8, 4) is 0 Å². The fraction of sp³-hybridized carbons (Fsp3) is 0.333. The molecular weight excluding hydrogens is 240 g/mol. The minimum atomic E-state index is -0.367. The third-order valence-corrected chi connectivity index (χ3v) is 3.65. The van der Waals surface area contributed by atoms with Crippen LogP contribution >= 0.6 is 0 Å². The Hall–Kier alpha value is -2.10. The maximum atomic E-state index is 11.6. The highest BCUT2D eigenvalue weighted by atomic mass is 16.5. The fourth-order valence-corrected chi connectivity index (χ4v) is 2.47. The molecule has 0 aliphatic heterocycles. The highest BCUT2D eigenvalue weighted by Gasteiger charge is 2.47. The normalized spacial score (nSPS) is 16.1. The van der Waals surface area contributed by atoms with E-state index in [1.807, 2.05) is 24.3 Å². The molecule has 0 atom stereocenters. The number of aromatic amines is 1. The van der Waals surface area contributed by atoms with Gasteiger partial charge in [0.2, 0.25) is 0 Å². The summed E-state index contributed by atoms with van der Waals surface area (Å²) in [7, 11) is 0. The molecule has 4 nitrogen and oxygen atoms in total. The lowest BCUT2D eigenvalue weighted by Gasteiger charge is -2.12. The van der Waals surface area contributed by atoms with Gasteiger partial charge in [-0.2, -0.15) is 5.10 Å². The van der Waals surface area contributed by atoms with Crippen molar-refractivity contribution in [1.29, 1.82) is 0 Å². The topological polar surface area (TPSA) is 55.0 Å². The molecule has 19 heavy (non-hydrogen) atoms. The van der Waals surface area contributed by atoms with Crippen molar-refractivity contribution in [2.24, 2.45) is 0 Å². The maximum Gasteiger partial charge on any atom is 0.358 e. The van der Waals surface area contributed by atoms with E-state index in [9.17, 15) is 4.79 Å². The van der Waals surface area contributed by atoms with Crippen LogP contribution in [0.15, 0.2) is 36.4 Å². The van der Waals surface area contributed by atoms with Crippen LogP contribution < -0.4 is 0 Å². The van der Waals surface area contributed by atoms with Crippen LogP contribution in [0.25, 0.3) is 0 Å². The molecule has 1 aromatic carbocycles. The fourth-order valence-electron chi connectivity index (χ4n) is 2.47. The number of nitrogens with zero attached hydrogens (tertiary/aromatic N) is 1. The number of ether oxygens (including phenoxy) is 1. The van der Waals surface area contributed by atoms with Gasteiger partial charge >= 0.3 is 5.97 Å². The number of esters is 1. The maximum absolute atomic E-state index is 11.6. The molecule has 1 fully saturated rings. The highest BCUT2D eigenvalue weighted by Crippen LogP contribution is 2.52. The van der Waals surface area contributed by atoms with E-state index < -0.39 is 0 Å². The van der Waals surface area contributed by atoms with Gasteiger partial charge in [0.1, 0.15) is 0 Å². The molecule has 0 amide bonds. The Morgan fingerprint density at radius 2 is 2.11 bits per heavy atom. The van der Waals surface area contributed by atoms with Crippen LogP contribution in [0.1, 0.15) is 41.5 Å². The number of hydrogen-bond acceptors (Lipinski definition) is 3. The van der Waals surface area contributed by atoms with Crippen LogP contribution in [0.2, 0.25) is 0 Å². The molecule has 1 N–H and O–H groups in total. The second-order valence-electron chi connectivity index (χ2n) is 4.84. The van der Waals surface area contributed by atoms with Gasteiger partial charge in [0.15, 0.2) is 5.69 Å². The second-order valence-corrected chi connectivity index (χ2v) is 4.84. The van der Waals surface area contributed by atoms with Gasteiger partial charge in [-0.1, -0.05) is 30.3 Å². The van der Waals surface area contributed by atoms with Gasteiger partial charge in [0.05, 0.1) is 6.61 Å². The van der Waals surface area contributed by atoms with Crippen molar-refractivity contribution in [3.63, 3.8) is 0 Å². The zero-order chi connectivity index (χ0) is 13.3. The van der Waals surface area contributed by atoms with Crippen LogP contribution in [-0.4, -0.2) is 22.8 Å². The van der Waals surface area contributed by atoms with E-state index in [0.717, 1.165) is 18.5 Å². The van der Waals surface area contributed by atoms with Gasteiger partial charge in [-0.15, -0.1) is 0 Å². The summed E-state index contributed by atoms with van der Waals surface area (Å²) in [5.41, 5.74) is 2.65. The number of carbonyl (C=O) groups is 1. The van der Waals surface area contributed by atoms with E-state index in [1.54, 1.807) is 6.92 Å². The zero-order valence-corrected chi connectivity index (χ0v) is 10.8. The summed E-state index contributed by atoms with van der Waals surface area (Å²) in [5.74, 6) is -0.367. The van der Waals surface area contributed by atoms with Crippen molar-refractivity contribution in [1.82, 2.24) is 10.2 Å². The third kappa shape index (κ3) is 2.03. The van der Waals surface area contributed by atoms with Crippen molar-refractivity contribution in [3.05, 3.63) is 53.3 Å². The summed E-state index contributed by atoms with van der Waals surface area (Å²) in [4.78, 5) is 11.6. The van der Waals surface area contributed by atoms with Crippen LogP contribution in [0.3, 0.4) is 0 Å². The first-order valence-electron chi connectivity index (χ1n) is 6.55. The first-order valence-corrected chi connectivity index (χ1v) is 6.55. The van der Waals surface area contributed by atoms with E-state index in [1.165, 1.54) is 5.56 Å². The molecule has 1 aromatic heterocycles. The molecule has 0 saturated heterocycles. The van der Waals surface area contributed by atoms with Crippen LogP contribution in [0.4, 0.5) is 0 Å². The quantitative estimate of drug-likeness (QED) is 0.856. The van der Waals surface area contributed by atoms with Crippen molar-refractivity contribution < 1.29 is 9.53 Å². The number of carbonyl (C=O) groups excluding carboxylic acids is 1. The molecule has 4 heteroatoms.